The fraction of sp³-hybridized carbons (Fsp3) is 1.00. The van der Waals surface area contributed by atoms with Crippen molar-refractivity contribution in [3.05, 3.63) is 0 Å². The molecule has 0 aliphatic carbocycles. The fourth-order valence-electron chi connectivity index (χ4n) is 1.75. The molecule has 0 unspecified atom stereocenters. The summed E-state index contributed by atoms with van der Waals surface area (Å²) >= 11 is 0. The molecule has 0 saturated carbocycles. The summed E-state index contributed by atoms with van der Waals surface area (Å²) in [7, 11) is -4.23. The molecule has 1 N–H and O–H groups in total. The van der Waals surface area contributed by atoms with Crippen molar-refractivity contribution in [1.29, 1.82) is 0 Å². The molecule has 19 heavy (non-hydrogen) atoms. The molecule has 0 aromatic rings. The smallest absolute Gasteiger partial charge is 1.00 e. The van der Waals surface area contributed by atoms with E-state index in [1.165, 1.54) is 44.9 Å². The van der Waals surface area contributed by atoms with Gasteiger partial charge in [0.05, 0.1) is 6.61 Å². The summed E-state index contributed by atoms with van der Waals surface area (Å²) in [5.41, 5.74) is 0. The Morgan fingerprint density at radius 2 is 1.26 bits per heavy atom. The Bertz CT molecular complexity index is 266. The minimum absolute atomic E-state index is 0. The molecule has 0 amide bonds. The zero-order chi connectivity index (χ0) is 13.0. The van der Waals surface area contributed by atoms with E-state index >= 15 is 0 Å². The van der Waals surface area contributed by atoms with E-state index in [-0.39, 0.29) is 65.3 Å². The van der Waals surface area contributed by atoms with E-state index in [9.17, 15) is 8.42 Å². The summed E-state index contributed by atoms with van der Waals surface area (Å²) in [6, 6.07) is 0. The Hall–Kier alpha value is 1.81. The van der Waals surface area contributed by atoms with Gasteiger partial charge in [0.2, 0.25) is 0 Å². The second kappa shape index (κ2) is 17.9. The van der Waals surface area contributed by atoms with Gasteiger partial charge in [-0.3, -0.25) is 4.55 Å². The molecule has 0 bridgehead atoms. The number of hydrogen-bond donors (Lipinski definition) is 1. The topological polar surface area (TPSA) is 63.6 Å². The van der Waals surface area contributed by atoms with E-state index in [1.54, 1.807) is 0 Å². The van der Waals surface area contributed by atoms with Gasteiger partial charge in [-0.25, -0.2) is 4.18 Å². The maximum absolute atomic E-state index is 10.2. The average molecular weight is 491 g/mol. The van der Waals surface area contributed by atoms with Crippen LogP contribution in [0, 0.1) is 0 Å². The maximum Gasteiger partial charge on any atom is 1.00 e. The van der Waals surface area contributed by atoms with E-state index in [0.29, 0.717) is 6.42 Å². The SMILES string of the molecule is CCCCCCCCCCCCOS(=O)(=O)O.[H-].[Hg].[Na+]. The van der Waals surface area contributed by atoms with Gasteiger partial charge in [0.25, 0.3) is 0 Å². The molecule has 4 nitrogen and oxygen atoms in total. The predicted molar refractivity (Wildman–Crippen MR) is 70.5 cm³/mol. The van der Waals surface area contributed by atoms with Crippen LogP contribution >= 0.6 is 0 Å². The van der Waals surface area contributed by atoms with Crippen molar-refractivity contribution in [2.45, 2.75) is 71.1 Å². The van der Waals surface area contributed by atoms with E-state index in [4.69, 9.17) is 4.55 Å². The van der Waals surface area contributed by atoms with Gasteiger partial charge >= 0.3 is 40.0 Å². The van der Waals surface area contributed by atoms with E-state index in [1.807, 2.05) is 0 Å². The quantitative estimate of drug-likeness (QED) is 0.250. The van der Waals surface area contributed by atoms with Crippen LogP contribution in [-0.2, 0) is 42.3 Å². The van der Waals surface area contributed by atoms with E-state index < -0.39 is 10.4 Å². The molecule has 0 aliphatic heterocycles. The van der Waals surface area contributed by atoms with Gasteiger partial charge in [-0.2, -0.15) is 8.42 Å². The minimum Gasteiger partial charge on any atom is -1.00 e. The van der Waals surface area contributed by atoms with Gasteiger partial charge in [0.1, 0.15) is 0 Å². The van der Waals surface area contributed by atoms with E-state index in [0.717, 1.165) is 12.8 Å². The summed E-state index contributed by atoms with van der Waals surface area (Å²) in [4.78, 5) is 0. The molecule has 7 heteroatoms. The summed E-state index contributed by atoms with van der Waals surface area (Å²) in [6.07, 6.45) is 11.9. The summed E-state index contributed by atoms with van der Waals surface area (Å²) < 4.78 is 33.0. The standard InChI is InChI=1S/C12H26O4S.Hg.Na.H/c1-2-3-4-5-6-7-8-9-10-11-12-16-17(13,14)15;;;/h2-12H2,1H3,(H,13,14,15);;;/q;;+1;-1. The maximum atomic E-state index is 10.2. The molecule has 0 saturated heterocycles. The van der Waals surface area contributed by atoms with Crippen molar-refractivity contribution in [2.24, 2.45) is 0 Å². The molecular formula is C12H27HgNaO4S. The van der Waals surface area contributed by atoms with Gasteiger partial charge in [0, 0.05) is 27.7 Å². The second-order valence-corrected chi connectivity index (χ2v) is 5.52. The molecular weight excluding hydrogens is 464 g/mol. The molecule has 0 aromatic heterocycles. The van der Waals surface area contributed by atoms with Gasteiger partial charge in [-0.05, 0) is 6.42 Å². The molecule has 0 fully saturated rings. The first kappa shape index (κ1) is 25.7. The summed E-state index contributed by atoms with van der Waals surface area (Å²) in [5, 5.41) is 0. The Morgan fingerprint density at radius 3 is 1.63 bits per heavy atom. The molecule has 0 rings (SSSR count). The number of rotatable bonds is 12. The Balaban J connectivity index is -0.000000427. The first-order valence-corrected chi connectivity index (χ1v) is 8.04. The van der Waals surface area contributed by atoms with Crippen LogP contribution in [0.3, 0.4) is 0 Å². The Labute approximate surface area is 162 Å². The van der Waals surface area contributed by atoms with Crippen molar-refractivity contribution in [2.75, 3.05) is 6.61 Å². The molecule has 108 valence electrons. The van der Waals surface area contributed by atoms with Crippen LogP contribution < -0.4 is 29.6 Å². The second-order valence-electron chi connectivity index (χ2n) is 4.43. The summed E-state index contributed by atoms with van der Waals surface area (Å²) in [6.45, 7) is 2.31. The van der Waals surface area contributed by atoms with Gasteiger partial charge in [-0.15, -0.1) is 0 Å². The molecule has 0 spiro atoms. The summed E-state index contributed by atoms with van der Waals surface area (Å²) in [5.74, 6) is 0. The van der Waals surface area contributed by atoms with Crippen LogP contribution in [0.4, 0.5) is 0 Å². The van der Waals surface area contributed by atoms with E-state index in [2.05, 4.69) is 11.1 Å². The number of unbranched alkanes of at least 4 members (excludes halogenated alkanes) is 9. The molecule has 0 atom stereocenters. The monoisotopic (exact) mass is 492 g/mol. The zero-order valence-corrected chi connectivity index (χ0v) is 20.9. The van der Waals surface area contributed by atoms with Crippen molar-refractivity contribution >= 4 is 10.4 Å². The van der Waals surface area contributed by atoms with Crippen LogP contribution in [0.15, 0.2) is 0 Å². The average Bonchev–Trinajstić information content (AvgIpc) is 2.24. The molecule has 0 aromatic carbocycles. The number of hydrogen-bond acceptors (Lipinski definition) is 3. The molecule has 0 aliphatic rings. The predicted octanol–water partition coefficient (Wildman–Crippen LogP) is 0.841. The van der Waals surface area contributed by atoms with Crippen LogP contribution in [0.1, 0.15) is 72.6 Å². The Kier molecular flexibility index (Phi) is 24.2. The van der Waals surface area contributed by atoms with Gasteiger partial charge in [0.15, 0.2) is 0 Å². The zero-order valence-electron chi connectivity index (χ0n) is 13.6. The van der Waals surface area contributed by atoms with Gasteiger partial charge in [-0.1, -0.05) is 64.7 Å². The van der Waals surface area contributed by atoms with Crippen LogP contribution in [0.5, 0.6) is 0 Å². The van der Waals surface area contributed by atoms with Crippen molar-refractivity contribution in [3.8, 4) is 0 Å². The first-order chi connectivity index (χ1) is 8.06. The van der Waals surface area contributed by atoms with Crippen LogP contribution in [0.25, 0.3) is 0 Å². The fourth-order valence-corrected chi connectivity index (χ4v) is 2.08. The molecule has 0 radical (unpaired) electrons. The van der Waals surface area contributed by atoms with Crippen LogP contribution in [0.2, 0.25) is 0 Å². The third-order valence-electron chi connectivity index (χ3n) is 2.73. The molecule has 0 heterocycles. The van der Waals surface area contributed by atoms with Crippen molar-refractivity contribution in [1.82, 2.24) is 0 Å². The van der Waals surface area contributed by atoms with Gasteiger partial charge < -0.3 is 1.43 Å². The minimum atomic E-state index is -4.23. The largest absolute Gasteiger partial charge is 1.00 e. The normalized spacial score (nSPS) is 10.6. The third kappa shape index (κ3) is 25.1. The van der Waals surface area contributed by atoms with Crippen molar-refractivity contribution < 1.29 is 75.8 Å². The van der Waals surface area contributed by atoms with Crippen LogP contribution in [-0.4, -0.2) is 19.6 Å². The third-order valence-corrected chi connectivity index (χ3v) is 3.19. The Morgan fingerprint density at radius 1 is 0.895 bits per heavy atom. The first-order valence-electron chi connectivity index (χ1n) is 6.68. The van der Waals surface area contributed by atoms with Crippen molar-refractivity contribution in [3.63, 3.8) is 0 Å².